The van der Waals surface area contributed by atoms with Gasteiger partial charge in [0.1, 0.15) is 5.82 Å². The van der Waals surface area contributed by atoms with Crippen molar-refractivity contribution in [2.45, 2.75) is 6.92 Å². The first kappa shape index (κ1) is 10.6. The van der Waals surface area contributed by atoms with Crippen LogP contribution in [-0.2, 0) is 0 Å². The number of benzene rings is 1. The molecule has 13 heavy (non-hydrogen) atoms. The van der Waals surface area contributed by atoms with Gasteiger partial charge in [0.15, 0.2) is 0 Å². The van der Waals surface area contributed by atoms with Gasteiger partial charge < -0.3 is 0 Å². The fraction of sp³-hybridized carbons (Fsp3) is 0.200. The van der Waals surface area contributed by atoms with Crippen molar-refractivity contribution in [3.05, 3.63) is 40.0 Å². The molecule has 0 radical (unpaired) electrons. The van der Waals surface area contributed by atoms with E-state index in [9.17, 15) is 4.39 Å². The van der Waals surface area contributed by atoms with E-state index < -0.39 is 0 Å². The fourth-order valence-electron chi connectivity index (χ4n) is 0.870. The Morgan fingerprint density at radius 3 is 2.62 bits per heavy atom. The van der Waals surface area contributed by atoms with Gasteiger partial charge in [0.05, 0.1) is 4.36 Å². The van der Waals surface area contributed by atoms with Crippen molar-refractivity contribution in [1.29, 1.82) is 0 Å². The molecule has 1 rings (SSSR count). The smallest absolute Gasteiger partial charge is 0.123 e. The van der Waals surface area contributed by atoms with Crippen molar-refractivity contribution in [2.24, 2.45) is 0 Å². The van der Waals surface area contributed by atoms with Crippen LogP contribution in [0, 0.1) is 5.82 Å². The zero-order valence-electron chi connectivity index (χ0n) is 7.26. The Kier molecular flexibility index (Phi) is 4.33. The Morgan fingerprint density at radius 1 is 1.46 bits per heavy atom. The Labute approximate surface area is 86.8 Å². The molecule has 0 heterocycles. The summed E-state index contributed by atoms with van der Waals surface area (Å²) >= 11 is 7.45. The molecule has 0 atom stereocenters. The Hall–Kier alpha value is -0.470. The van der Waals surface area contributed by atoms with Gasteiger partial charge in [0.25, 0.3) is 0 Å². The van der Waals surface area contributed by atoms with Crippen LogP contribution >= 0.6 is 23.4 Å². The third-order valence-corrected chi connectivity index (χ3v) is 2.55. The van der Waals surface area contributed by atoms with Crippen molar-refractivity contribution in [3.63, 3.8) is 0 Å². The molecule has 70 valence electrons. The minimum atomic E-state index is -0.226. The highest BCUT2D eigenvalue weighted by molar-refractivity contribution is 8.04. The largest absolute Gasteiger partial charge is 0.207 e. The summed E-state index contributed by atoms with van der Waals surface area (Å²) in [5, 5.41) is 0. The summed E-state index contributed by atoms with van der Waals surface area (Å²) < 4.78 is 13.2. The third-order valence-electron chi connectivity index (χ3n) is 1.43. The summed E-state index contributed by atoms with van der Waals surface area (Å²) in [6.45, 7) is 2.03. The quantitative estimate of drug-likeness (QED) is 0.733. The zero-order chi connectivity index (χ0) is 9.68. The second-order valence-corrected chi connectivity index (χ2v) is 4.37. The third kappa shape index (κ3) is 3.83. The van der Waals surface area contributed by atoms with Gasteiger partial charge in [0, 0.05) is 0 Å². The van der Waals surface area contributed by atoms with E-state index in [1.807, 2.05) is 13.0 Å². The molecule has 1 aromatic rings. The summed E-state index contributed by atoms with van der Waals surface area (Å²) in [7, 11) is 0. The molecule has 0 fully saturated rings. The molecule has 0 aromatic heterocycles. The molecule has 0 N–H and O–H groups in total. The number of hydrogen-bond acceptors (Lipinski definition) is 1. The standard InChI is InChI=1S/C10H10ClFS/c1-2-13-10(11)7-8-3-5-9(12)6-4-8/h3-7H,2H2,1H3/b10-7-. The Morgan fingerprint density at radius 2 is 2.08 bits per heavy atom. The van der Waals surface area contributed by atoms with E-state index in [1.54, 1.807) is 23.9 Å². The predicted molar refractivity (Wildman–Crippen MR) is 58.4 cm³/mol. The Bertz CT molecular complexity index is 292. The molecule has 0 amide bonds. The lowest BCUT2D eigenvalue weighted by molar-refractivity contribution is 0.628. The van der Waals surface area contributed by atoms with Crippen molar-refractivity contribution in [3.8, 4) is 0 Å². The van der Waals surface area contributed by atoms with Gasteiger partial charge in [-0.15, -0.1) is 11.8 Å². The molecule has 0 unspecified atom stereocenters. The molecule has 0 bridgehead atoms. The van der Waals surface area contributed by atoms with Crippen molar-refractivity contribution >= 4 is 29.4 Å². The van der Waals surface area contributed by atoms with E-state index in [4.69, 9.17) is 11.6 Å². The average Bonchev–Trinajstić information content (AvgIpc) is 2.09. The molecule has 0 aliphatic carbocycles. The lowest BCUT2D eigenvalue weighted by Crippen LogP contribution is -1.75. The summed E-state index contributed by atoms with van der Waals surface area (Å²) in [6.07, 6.45) is 1.83. The second-order valence-electron chi connectivity index (χ2n) is 2.43. The minimum Gasteiger partial charge on any atom is -0.207 e. The number of hydrogen-bond donors (Lipinski definition) is 0. The van der Waals surface area contributed by atoms with Crippen LogP contribution in [0.4, 0.5) is 4.39 Å². The number of halogens is 2. The molecule has 0 saturated heterocycles. The van der Waals surface area contributed by atoms with Crippen LogP contribution in [0.15, 0.2) is 28.6 Å². The maximum Gasteiger partial charge on any atom is 0.123 e. The van der Waals surface area contributed by atoms with Gasteiger partial charge in [0.2, 0.25) is 0 Å². The average molecular weight is 217 g/mol. The molecule has 0 aliphatic heterocycles. The molecule has 1 aromatic carbocycles. The van der Waals surface area contributed by atoms with Gasteiger partial charge in [-0.05, 0) is 29.5 Å². The summed E-state index contributed by atoms with van der Waals surface area (Å²) in [5.74, 6) is 0.715. The monoisotopic (exact) mass is 216 g/mol. The van der Waals surface area contributed by atoms with E-state index in [2.05, 4.69) is 0 Å². The van der Waals surface area contributed by atoms with Crippen LogP contribution in [-0.4, -0.2) is 5.75 Å². The van der Waals surface area contributed by atoms with Gasteiger partial charge in [-0.3, -0.25) is 0 Å². The molecule has 0 aliphatic rings. The highest BCUT2D eigenvalue weighted by atomic mass is 35.5. The zero-order valence-corrected chi connectivity index (χ0v) is 8.83. The van der Waals surface area contributed by atoms with E-state index in [0.717, 1.165) is 15.7 Å². The van der Waals surface area contributed by atoms with Crippen LogP contribution in [0.25, 0.3) is 6.08 Å². The van der Waals surface area contributed by atoms with E-state index in [-0.39, 0.29) is 5.82 Å². The number of rotatable bonds is 3. The van der Waals surface area contributed by atoms with E-state index >= 15 is 0 Å². The fourth-order valence-corrected chi connectivity index (χ4v) is 1.82. The van der Waals surface area contributed by atoms with Gasteiger partial charge >= 0.3 is 0 Å². The highest BCUT2D eigenvalue weighted by Gasteiger charge is 1.93. The SMILES string of the molecule is CCS/C(Cl)=C\c1ccc(F)cc1. The first-order chi connectivity index (χ1) is 6.22. The lowest BCUT2D eigenvalue weighted by atomic mass is 10.2. The van der Waals surface area contributed by atoms with Crippen molar-refractivity contribution in [1.82, 2.24) is 0 Å². The second kappa shape index (κ2) is 5.30. The molecule has 0 saturated carbocycles. The lowest BCUT2D eigenvalue weighted by Gasteiger charge is -1.96. The summed E-state index contributed by atoms with van der Waals surface area (Å²) in [6, 6.07) is 6.25. The maximum absolute atomic E-state index is 12.5. The van der Waals surface area contributed by atoms with Crippen LogP contribution in [0.2, 0.25) is 0 Å². The van der Waals surface area contributed by atoms with Crippen LogP contribution in [0.1, 0.15) is 12.5 Å². The molecular formula is C10H10ClFS. The minimum absolute atomic E-state index is 0.226. The number of thioether (sulfide) groups is 1. The predicted octanol–water partition coefficient (Wildman–Crippen LogP) is 4.12. The topological polar surface area (TPSA) is 0 Å². The maximum atomic E-state index is 12.5. The first-order valence-corrected chi connectivity index (χ1v) is 5.34. The highest BCUT2D eigenvalue weighted by Crippen LogP contribution is 2.22. The summed E-state index contributed by atoms with van der Waals surface area (Å²) in [5.41, 5.74) is 0.923. The summed E-state index contributed by atoms with van der Waals surface area (Å²) in [4.78, 5) is 0. The normalized spacial score (nSPS) is 11.8. The van der Waals surface area contributed by atoms with Crippen molar-refractivity contribution in [2.75, 3.05) is 5.75 Å². The van der Waals surface area contributed by atoms with Gasteiger partial charge in [-0.25, -0.2) is 4.39 Å². The molecule has 0 spiro atoms. The van der Waals surface area contributed by atoms with Gasteiger partial charge in [-0.1, -0.05) is 30.7 Å². The van der Waals surface area contributed by atoms with Crippen LogP contribution < -0.4 is 0 Å². The molecular weight excluding hydrogens is 207 g/mol. The molecule has 0 nitrogen and oxygen atoms in total. The van der Waals surface area contributed by atoms with E-state index in [1.165, 1.54) is 12.1 Å². The molecule has 3 heteroatoms. The van der Waals surface area contributed by atoms with Crippen LogP contribution in [0.5, 0.6) is 0 Å². The van der Waals surface area contributed by atoms with Crippen molar-refractivity contribution < 1.29 is 4.39 Å². The van der Waals surface area contributed by atoms with E-state index in [0.29, 0.717) is 0 Å². The van der Waals surface area contributed by atoms with Gasteiger partial charge in [-0.2, -0.15) is 0 Å². The van der Waals surface area contributed by atoms with Crippen LogP contribution in [0.3, 0.4) is 0 Å². The first-order valence-electron chi connectivity index (χ1n) is 3.98. The Balaban J connectivity index is 2.73.